The Bertz CT molecular complexity index is 350. The van der Waals surface area contributed by atoms with E-state index in [1.807, 2.05) is 0 Å². The lowest BCUT2D eigenvalue weighted by molar-refractivity contribution is -0.138. The number of hydrogen-bond acceptors (Lipinski definition) is 4. The molecular weight excluding hydrogens is 222 g/mol. The van der Waals surface area contributed by atoms with Crippen LogP contribution in [0.3, 0.4) is 0 Å². The third-order valence-corrected chi connectivity index (χ3v) is 3.32. The van der Waals surface area contributed by atoms with Crippen molar-refractivity contribution in [3.63, 3.8) is 0 Å². The summed E-state index contributed by atoms with van der Waals surface area (Å²) in [5, 5.41) is 5.75. The Balaban J connectivity index is 1.90. The fraction of sp³-hybridized carbons (Fsp3) is 0.727. The normalized spacial score (nSPS) is 29.6. The van der Waals surface area contributed by atoms with E-state index in [4.69, 9.17) is 0 Å². The number of nitrogens with one attached hydrogen (secondary N) is 2. The van der Waals surface area contributed by atoms with Gasteiger partial charge in [-0.1, -0.05) is 6.42 Å². The van der Waals surface area contributed by atoms with Crippen molar-refractivity contribution < 1.29 is 14.4 Å². The summed E-state index contributed by atoms with van der Waals surface area (Å²) in [6, 6.07) is -0.902. The summed E-state index contributed by atoms with van der Waals surface area (Å²) >= 11 is 0. The predicted molar refractivity (Wildman–Crippen MR) is 60.0 cm³/mol. The summed E-state index contributed by atoms with van der Waals surface area (Å²) in [5.41, 5.74) is 0. The second-order valence-corrected chi connectivity index (χ2v) is 4.56. The average Bonchev–Trinajstić information content (AvgIpc) is 2.58. The topological polar surface area (TPSA) is 78.5 Å². The van der Waals surface area contributed by atoms with Crippen LogP contribution in [0.4, 0.5) is 0 Å². The molecule has 2 aliphatic rings. The van der Waals surface area contributed by atoms with Gasteiger partial charge in [-0.3, -0.25) is 19.3 Å². The predicted octanol–water partition coefficient (Wildman–Crippen LogP) is -0.998. The van der Waals surface area contributed by atoms with Crippen molar-refractivity contribution in [2.45, 2.75) is 37.8 Å². The van der Waals surface area contributed by atoms with E-state index in [2.05, 4.69) is 10.6 Å². The SMILES string of the molecule is CN1C(=O)CC(NC(=O)[C@H]2CCCCN2)C1=O. The van der Waals surface area contributed by atoms with E-state index in [0.717, 1.165) is 30.7 Å². The van der Waals surface area contributed by atoms with Gasteiger partial charge in [-0.05, 0) is 19.4 Å². The fourth-order valence-corrected chi connectivity index (χ4v) is 2.22. The lowest BCUT2D eigenvalue weighted by Crippen LogP contribution is -2.51. The molecule has 0 bridgehead atoms. The number of imide groups is 1. The van der Waals surface area contributed by atoms with Crippen molar-refractivity contribution in [1.82, 2.24) is 15.5 Å². The molecule has 2 rings (SSSR count). The second-order valence-electron chi connectivity index (χ2n) is 4.56. The van der Waals surface area contributed by atoms with Crippen LogP contribution in [-0.2, 0) is 14.4 Å². The molecule has 0 spiro atoms. The van der Waals surface area contributed by atoms with E-state index in [-0.39, 0.29) is 30.2 Å². The van der Waals surface area contributed by atoms with Gasteiger partial charge in [-0.2, -0.15) is 0 Å². The third-order valence-electron chi connectivity index (χ3n) is 3.32. The maximum atomic E-state index is 11.9. The first-order valence-corrected chi connectivity index (χ1v) is 5.94. The highest BCUT2D eigenvalue weighted by Gasteiger charge is 2.37. The number of carbonyl (C=O) groups excluding carboxylic acids is 3. The smallest absolute Gasteiger partial charge is 0.252 e. The lowest BCUT2D eigenvalue weighted by atomic mass is 10.0. The number of carbonyl (C=O) groups is 3. The summed E-state index contributed by atoms with van der Waals surface area (Å²) in [7, 11) is 1.44. The van der Waals surface area contributed by atoms with Gasteiger partial charge >= 0.3 is 0 Å². The van der Waals surface area contributed by atoms with Crippen LogP contribution >= 0.6 is 0 Å². The molecule has 0 aromatic heterocycles. The number of nitrogens with zero attached hydrogens (tertiary/aromatic N) is 1. The first-order valence-electron chi connectivity index (χ1n) is 5.94. The molecular formula is C11H17N3O3. The molecule has 0 aliphatic carbocycles. The monoisotopic (exact) mass is 239 g/mol. The van der Waals surface area contributed by atoms with Crippen molar-refractivity contribution in [3.05, 3.63) is 0 Å². The van der Waals surface area contributed by atoms with Crippen LogP contribution in [0.15, 0.2) is 0 Å². The summed E-state index contributed by atoms with van der Waals surface area (Å²) < 4.78 is 0. The Hall–Kier alpha value is -1.43. The van der Waals surface area contributed by atoms with Crippen LogP contribution in [0.1, 0.15) is 25.7 Å². The highest BCUT2D eigenvalue weighted by molar-refractivity contribution is 6.06. The van der Waals surface area contributed by atoms with Crippen LogP contribution in [0, 0.1) is 0 Å². The second kappa shape index (κ2) is 4.83. The fourth-order valence-electron chi connectivity index (χ4n) is 2.22. The summed E-state index contributed by atoms with van der Waals surface area (Å²) in [5.74, 6) is -0.734. The van der Waals surface area contributed by atoms with Crippen molar-refractivity contribution in [2.24, 2.45) is 0 Å². The maximum absolute atomic E-state index is 11.9. The van der Waals surface area contributed by atoms with Crippen molar-refractivity contribution >= 4 is 17.7 Å². The minimum Gasteiger partial charge on any atom is -0.342 e. The van der Waals surface area contributed by atoms with Gasteiger partial charge in [-0.25, -0.2) is 0 Å². The first kappa shape index (κ1) is 12.0. The number of likely N-dealkylation sites (tertiary alicyclic amines) is 1. The molecule has 1 unspecified atom stereocenters. The van der Waals surface area contributed by atoms with Crippen molar-refractivity contribution in [2.75, 3.05) is 13.6 Å². The minimum atomic E-state index is -0.677. The zero-order valence-electron chi connectivity index (χ0n) is 9.86. The molecule has 2 atom stereocenters. The van der Waals surface area contributed by atoms with Crippen molar-refractivity contribution in [3.8, 4) is 0 Å². The number of amides is 3. The first-order chi connectivity index (χ1) is 8.09. The molecule has 94 valence electrons. The van der Waals surface area contributed by atoms with Gasteiger partial charge in [-0.15, -0.1) is 0 Å². The van der Waals surface area contributed by atoms with E-state index in [0.29, 0.717) is 0 Å². The molecule has 2 heterocycles. The molecule has 2 N–H and O–H groups in total. The van der Waals surface area contributed by atoms with Gasteiger partial charge in [0.25, 0.3) is 5.91 Å². The summed E-state index contributed by atoms with van der Waals surface area (Å²) in [6.45, 7) is 0.829. The summed E-state index contributed by atoms with van der Waals surface area (Å²) in [4.78, 5) is 35.8. The van der Waals surface area contributed by atoms with E-state index in [1.54, 1.807) is 0 Å². The number of piperidine rings is 1. The van der Waals surface area contributed by atoms with Crippen LogP contribution in [-0.4, -0.2) is 48.3 Å². The Kier molecular flexibility index (Phi) is 3.42. The van der Waals surface area contributed by atoms with Crippen LogP contribution in [0.5, 0.6) is 0 Å². The number of rotatable bonds is 2. The van der Waals surface area contributed by atoms with E-state index in [9.17, 15) is 14.4 Å². The van der Waals surface area contributed by atoms with E-state index in [1.165, 1.54) is 7.05 Å². The van der Waals surface area contributed by atoms with Gasteiger partial charge in [0.1, 0.15) is 6.04 Å². The molecule has 2 saturated heterocycles. The molecule has 6 nitrogen and oxygen atoms in total. The molecule has 0 aromatic rings. The Morgan fingerprint density at radius 2 is 2.18 bits per heavy atom. The lowest BCUT2D eigenvalue weighted by Gasteiger charge is -2.23. The van der Waals surface area contributed by atoms with Gasteiger partial charge < -0.3 is 10.6 Å². The average molecular weight is 239 g/mol. The molecule has 3 amide bonds. The van der Waals surface area contributed by atoms with Crippen molar-refractivity contribution in [1.29, 1.82) is 0 Å². The Morgan fingerprint density at radius 3 is 2.71 bits per heavy atom. The van der Waals surface area contributed by atoms with Gasteiger partial charge in [0, 0.05) is 7.05 Å². The maximum Gasteiger partial charge on any atom is 0.252 e. The van der Waals surface area contributed by atoms with Crippen LogP contribution in [0.2, 0.25) is 0 Å². The minimum absolute atomic E-state index is 0.0772. The van der Waals surface area contributed by atoms with Gasteiger partial charge in [0.15, 0.2) is 0 Å². The molecule has 2 fully saturated rings. The van der Waals surface area contributed by atoms with Gasteiger partial charge in [0.05, 0.1) is 12.5 Å². The summed E-state index contributed by atoms with van der Waals surface area (Å²) in [6.07, 6.45) is 2.96. The number of likely N-dealkylation sites (N-methyl/N-ethyl adjacent to an activating group) is 1. The van der Waals surface area contributed by atoms with Crippen LogP contribution < -0.4 is 10.6 Å². The molecule has 2 aliphatic heterocycles. The molecule has 17 heavy (non-hydrogen) atoms. The van der Waals surface area contributed by atoms with Crippen LogP contribution in [0.25, 0.3) is 0 Å². The molecule has 6 heteroatoms. The highest BCUT2D eigenvalue weighted by Crippen LogP contribution is 2.12. The molecule has 0 aromatic carbocycles. The quantitative estimate of drug-likeness (QED) is 0.606. The van der Waals surface area contributed by atoms with E-state index >= 15 is 0 Å². The zero-order chi connectivity index (χ0) is 12.4. The molecule has 0 saturated carbocycles. The third kappa shape index (κ3) is 2.46. The highest BCUT2D eigenvalue weighted by atomic mass is 16.2. The largest absolute Gasteiger partial charge is 0.342 e. The zero-order valence-corrected chi connectivity index (χ0v) is 9.86. The van der Waals surface area contributed by atoms with Gasteiger partial charge in [0.2, 0.25) is 11.8 Å². The van der Waals surface area contributed by atoms with E-state index < -0.39 is 6.04 Å². The Labute approximate surface area is 99.7 Å². The Morgan fingerprint density at radius 1 is 1.41 bits per heavy atom. The number of hydrogen-bond donors (Lipinski definition) is 2. The standard InChI is InChI=1S/C11H17N3O3/c1-14-9(15)6-8(11(14)17)13-10(16)7-4-2-3-5-12-7/h7-8,12H,2-6H2,1H3,(H,13,16)/t7-,8?/m1/s1. The molecule has 0 radical (unpaired) electrons.